The summed E-state index contributed by atoms with van der Waals surface area (Å²) in [6.07, 6.45) is 2.06. The highest BCUT2D eigenvalue weighted by Crippen LogP contribution is 2.26. The number of nitrogens with one attached hydrogen (secondary N) is 1. The highest BCUT2D eigenvalue weighted by Gasteiger charge is 2.36. The SMILES string of the molecule is O=C1NCCCCC1N(Cc1ccc(N(CCCl)CCCl)cc1)S(=O)(=O)c1ccc(Cl)cc1. The highest BCUT2D eigenvalue weighted by atomic mass is 35.5. The molecule has 1 fully saturated rings. The van der Waals surface area contributed by atoms with Gasteiger partial charge >= 0.3 is 0 Å². The van der Waals surface area contributed by atoms with E-state index in [1.54, 1.807) is 0 Å². The van der Waals surface area contributed by atoms with Crippen molar-refractivity contribution in [3.05, 3.63) is 59.1 Å². The Hall–Kier alpha value is -1.51. The van der Waals surface area contributed by atoms with E-state index in [4.69, 9.17) is 34.8 Å². The van der Waals surface area contributed by atoms with E-state index in [-0.39, 0.29) is 17.3 Å². The Bertz CT molecular complexity index is 1010. The molecule has 1 aliphatic rings. The van der Waals surface area contributed by atoms with E-state index in [1.165, 1.54) is 28.6 Å². The summed E-state index contributed by atoms with van der Waals surface area (Å²) in [6.45, 7) is 1.95. The second kappa shape index (κ2) is 12.3. The molecule has 6 nitrogen and oxygen atoms in total. The molecule has 1 unspecified atom stereocenters. The Morgan fingerprint density at radius 1 is 0.939 bits per heavy atom. The van der Waals surface area contributed by atoms with E-state index >= 15 is 0 Å². The standard InChI is InChI=1S/C23H28Cl3N3O3S/c24-12-15-28(16-13-25)20-8-4-18(5-9-20)17-29(22-3-1-2-14-27-23(22)30)33(31,32)21-10-6-19(26)7-11-21/h4-11,22H,1-3,12-17H2,(H,27,30). The largest absolute Gasteiger partial charge is 0.369 e. The van der Waals surface area contributed by atoms with E-state index in [1.807, 2.05) is 24.3 Å². The summed E-state index contributed by atoms with van der Waals surface area (Å²) in [4.78, 5) is 15.0. The number of benzene rings is 2. The number of halogens is 3. The number of nitrogens with zero attached hydrogens (tertiary/aromatic N) is 2. The van der Waals surface area contributed by atoms with Crippen LogP contribution in [0.1, 0.15) is 24.8 Å². The number of alkyl halides is 2. The van der Waals surface area contributed by atoms with Crippen molar-refractivity contribution in [2.75, 3.05) is 36.3 Å². The van der Waals surface area contributed by atoms with E-state index in [0.29, 0.717) is 42.8 Å². The number of anilines is 1. The molecule has 1 N–H and O–H groups in total. The quantitative estimate of drug-likeness (QED) is 0.458. The molecular weight excluding hydrogens is 505 g/mol. The molecule has 0 radical (unpaired) electrons. The molecule has 180 valence electrons. The molecule has 1 saturated heterocycles. The van der Waals surface area contributed by atoms with Crippen molar-refractivity contribution in [1.82, 2.24) is 9.62 Å². The van der Waals surface area contributed by atoms with Crippen LogP contribution in [0.3, 0.4) is 0 Å². The van der Waals surface area contributed by atoms with Gasteiger partial charge in [0, 0.05) is 48.6 Å². The Morgan fingerprint density at radius 2 is 1.58 bits per heavy atom. The van der Waals surface area contributed by atoms with Crippen molar-refractivity contribution in [2.24, 2.45) is 0 Å². The zero-order valence-corrected chi connectivity index (χ0v) is 21.3. The summed E-state index contributed by atoms with van der Waals surface area (Å²) in [6, 6.07) is 12.8. The van der Waals surface area contributed by atoms with Crippen LogP contribution in [0.2, 0.25) is 5.02 Å². The van der Waals surface area contributed by atoms with Gasteiger partial charge in [0.25, 0.3) is 0 Å². The van der Waals surface area contributed by atoms with E-state index in [0.717, 1.165) is 24.1 Å². The summed E-state index contributed by atoms with van der Waals surface area (Å²) >= 11 is 17.8. The van der Waals surface area contributed by atoms with Gasteiger partial charge in [0.2, 0.25) is 15.9 Å². The Labute approximate surface area is 210 Å². The van der Waals surface area contributed by atoms with E-state index in [2.05, 4.69) is 10.2 Å². The normalized spacial score (nSPS) is 17.0. The number of hydrogen-bond acceptors (Lipinski definition) is 4. The van der Waals surface area contributed by atoms with Crippen LogP contribution < -0.4 is 10.2 Å². The van der Waals surface area contributed by atoms with Gasteiger partial charge in [-0.25, -0.2) is 8.42 Å². The highest BCUT2D eigenvalue weighted by molar-refractivity contribution is 7.89. The molecule has 1 aliphatic heterocycles. The Kier molecular flexibility index (Phi) is 9.70. The van der Waals surface area contributed by atoms with Crippen molar-refractivity contribution in [1.29, 1.82) is 0 Å². The van der Waals surface area contributed by atoms with Crippen LogP contribution in [0.4, 0.5) is 5.69 Å². The number of carbonyl (C=O) groups is 1. The third-order valence-corrected chi connectivity index (χ3v) is 8.08. The first kappa shape index (κ1) is 26.1. The van der Waals surface area contributed by atoms with Gasteiger partial charge in [-0.05, 0) is 61.2 Å². The van der Waals surface area contributed by atoms with Crippen LogP contribution in [0.25, 0.3) is 0 Å². The Balaban J connectivity index is 1.93. The minimum Gasteiger partial charge on any atom is -0.369 e. The molecule has 1 amide bonds. The number of sulfonamides is 1. The van der Waals surface area contributed by atoms with Gasteiger partial charge in [-0.2, -0.15) is 4.31 Å². The fraction of sp³-hybridized carbons (Fsp3) is 0.435. The molecule has 2 aromatic carbocycles. The predicted molar refractivity (Wildman–Crippen MR) is 135 cm³/mol. The van der Waals surface area contributed by atoms with Crippen molar-refractivity contribution >= 4 is 56.4 Å². The lowest BCUT2D eigenvalue weighted by atomic mass is 10.1. The second-order valence-corrected chi connectivity index (χ2v) is 10.9. The topological polar surface area (TPSA) is 69.7 Å². The average molecular weight is 533 g/mol. The molecule has 1 heterocycles. The third kappa shape index (κ3) is 6.76. The van der Waals surface area contributed by atoms with Gasteiger partial charge < -0.3 is 10.2 Å². The summed E-state index contributed by atoms with van der Waals surface area (Å²) in [5, 5.41) is 3.29. The van der Waals surface area contributed by atoms with Crippen LogP contribution in [0, 0.1) is 0 Å². The molecule has 2 aromatic rings. The summed E-state index contributed by atoms with van der Waals surface area (Å²) in [7, 11) is -3.94. The summed E-state index contributed by atoms with van der Waals surface area (Å²) in [5.74, 6) is 0.683. The van der Waals surface area contributed by atoms with Crippen LogP contribution in [0.15, 0.2) is 53.4 Å². The first-order chi connectivity index (χ1) is 15.9. The minimum absolute atomic E-state index is 0.0777. The van der Waals surface area contributed by atoms with Gasteiger partial charge in [-0.15, -0.1) is 23.2 Å². The molecule has 0 saturated carbocycles. The molecule has 0 spiro atoms. The van der Waals surface area contributed by atoms with Crippen molar-refractivity contribution in [3.8, 4) is 0 Å². The third-order valence-electron chi connectivity index (χ3n) is 5.62. The summed E-state index contributed by atoms with van der Waals surface area (Å²) in [5.41, 5.74) is 1.74. The van der Waals surface area contributed by atoms with Crippen molar-refractivity contribution < 1.29 is 13.2 Å². The molecule has 0 aliphatic carbocycles. The fourth-order valence-corrected chi connectivity index (χ4v) is 6.01. The first-order valence-electron chi connectivity index (χ1n) is 10.9. The lowest BCUT2D eigenvalue weighted by Crippen LogP contribution is -2.48. The van der Waals surface area contributed by atoms with Crippen molar-refractivity contribution in [2.45, 2.75) is 36.7 Å². The van der Waals surface area contributed by atoms with Crippen LogP contribution >= 0.6 is 34.8 Å². The number of hydrogen-bond donors (Lipinski definition) is 1. The van der Waals surface area contributed by atoms with Gasteiger partial charge in [-0.1, -0.05) is 23.7 Å². The first-order valence-corrected chi connectivity index (χ1v) is 13.8. The minimum atomic E-state index is -3.94. The number of rotatable bonds is 10. The lowest BCUT2D eigenvalue weighted by molar-refractivity contribution is -0.124. The maximum absolute atomic E-state index is 13.6. The maximum atomic E-state index is 13.6. The average Bonchev–Trinajstić information content (AvgIpc) is 3.02. The fourth-order valence-electron chi connectivity index (χ4n) is 3.87. The monoisotopic (exact) mass is 531 g/mol. The van der Waals surface area contributed by atoms with Crippen LogP contribution in [0.5, 0.6) is 0 Å². The number of amides is 1. The van der Waals surface area contributed by atoms with E-state index < -0.39 is 16.1 Å². The second-order valence-electron chi connectivity index (χ2n) is 7.84. The molecule has 0 bridgehead atoms. The van der Waals surface area contributed by atoms with Crippen molar-refractivity contribution in [3.63, 3.8) is 0 Å². The molecule has 10 heteroatoms. The summed E-state index contributed by atoms with van der Waals surface area (Å²) < 4.78 is 28.5. The van der Waals surface area contributed by atoms with Gasteiger partial charge in [0.05, 0.1) is 4.90 Å². The molecule has 33 heavy (non-hydrogen) atoms. The Morgan fingerprint density at radius 3 is 2.18 bits per heavy atom. The molecule has 3 rings (SSSR count). The maximum Gasteiger partial charge on any atom is 0.244 e. The van der Waals surface area contributed by atoms with Gasteiger partial charge in [0.1, 0.15) is 6.04 Å². The van der Waals surface area contributed by atoms with Crippen LogP contribution in [-0.4, -0.2) is 56.1 Å². The van der Waals surface area contributed by atoms with Crippen LogP contribution in [-0.2, 0) is 21.4 Å². The molecular formula is C23H28Cl3N3O3S. The lowest BCUT2D eigenvalue weighted by Gasteiger charge is -2.29. The smallest absolute Gasteiger partial charge is 0.244 e. The predicted octanol–water partition coefficient (Wildman–Crippen LogP) is 4.48. The van der Waals surface area contributed by atoms with E-state index in [9.17, 15) is 13.2 Å². The van der Waals surface area contributed by atoms with Gasteiger partial charge in [-0.3, -0.25) is 4.79 Å². The zero-order valence-electron chi connectivity index (χ0n) is 18.2. The molecule has 1 atom stereocenters. The number of carbonyl (C=O) groups excluding carboxylic acids is 1. The zero-order chi connectivity index (χ0) is 23.8. The van der Waals surface area contributed by atoms with Gasteiger partial charge in [0.15, 0.2) is 0 Å². The molecule has 0 aromatic heterocycles.